The fourth-order valence-corrected chi connectivity index (χ4v) is 2.10. The van der Waals surface area contributed by atoms with Crippen LogP contribution in [0.2, 0.25) is 5.02 Å². The van der Waals surface area contributed by atoms with Crippen molar-refractivity contribution in [3.05, 3.63) is 63.7 Å². The number of hydrogen-bond donors (Lipinski definition) is 2. The van der Waals surface area contributed by atoms with Crippen LogP contribution < -0.4 is 16.0 Å². The van der Waals surface area contributed by atoms with Gasteiger partial charge in [-0.1, -0.05) is 23.7 Å². The van der Waals surface area contributed by atoms with Gasteiger partial charge < -0.3 is 4.74 Å². The third-order valence-corrected chi connectivity index (χ3v) is 3.76. The number of carbonyl (C=O) groups is 1. The van der Waals surface area contributed by atoms with Gasteiger partial charge >= 0.3 is 0 Å². The molecule has 110 valence electrons. The number of nitrogen functional groups attached to an aromatic ring is 1. The summed E-state index contributed by atoms with van der Waals surface area (Å²) in [6.45, 7) is 4.32. The van der Waals surface area contributed by atoms with E-state index >= 15 is 0 Å². The van der Waals surface area contributed by atoms with Gasteiger partial charge in [0.15, 0.2) is 0 Å². The summed E-state index contributed by atoms with van der Waals surface area (Å²) >= 11 is 6.12. The molecule has 0 unspecified atom stereocenters. The molecule has 0 aromatic heterocycles. The highest BCUT2D eigenvalue weighted by atomic mass is 35.5. The monoisotopic (exact) mass is 304 g/mol. The van der Waals surface area contributed by atoms with Gasteiger partial charge in [-0.2, -0.15) is 0 Å². The zero-order chi connectivity index (χ0) is 15.4. The van der Waals surface area contributed by atoms with Crippen molar-refractivity contribution >= 4 is 17.5 Å². The van der Waals surface area contributed by atoms with E-state index in [0.29, 0.717) is 12.2 Å². The fourth-order valence-electron chi connectivity index (χ4n) is 1.99. The van der Waals surface area contributed by atoms with Crippen LogP contribution in [0.3, 0.4) is 0 Å². The van der Waals surface area contributed by atoms with E-state index in [9.17, 15) is 4.79 Å². The van der Waals surface area contributed by atoms with Crippen molar-refractivity contribution < 1.29 is 9.53 Å². The maximum Gasteiger partial charge on any atom is 0.265 e. The minimum Gasteiger partial charge on any atom is -0.489 e. The molecule has 0 saturated carbocycles. The van der Waals surface area contributed by atoms with Crippen molar-refractivity contribution in [2.45, 2.75) is 20.5 Å². The Kier molecular flexibility index (Phi) is 4.83. The first-order chi connectivity index (χ1) is 10.0. The quantitative estimate of drug-likeness (QED) is 0.518. The molecule has 4 nitrogen and oxygen atoms in total. The Bertz CT molecular complexity index is 631. The van der Waals surface area contributed by atoms with Gasteiger partial charge in [0, 0.05) is 10.6 Å². The molecule has 1 amide bonds. The van der Waals surface area contributed by atoms with Gasteiger partial charge in [-0.15, -0.1) is 0 Å². The molecule has 3 N–H and O–H groups in total. The lowest BCUT2D eigenvalue weighted by molar-refractivity contribution is 0.0953. The second kappa shape index (κ2) is 6.61. The van der Waals surface area contributed by atoms with Crippen molar-refractivity contribution in [2.24, 2.45) is 5.84 Å². The Morgan fingerprint density at radius 2 is 1.76 bits per heavy atom. The normalized spacial score (nSPS) is 10.3. The summed E-state index contributed by atoms with van der Waals surface area (Å²) in [7, 11) is 0. The molecule has 0 radical (unpaired) electrons. The molecule has 21 heavy (non-hydrogen) atoms. The van der Waals surface area contributed by atoms with Crippen molar-refractivity contribution in [1.82, 2.24) is 5.43 Å². The molecule has 2 aromatic carbocycles. The second-order valence-corrected chi connectivity index (χ2v) is 5.21. The first kappa shape index (κ1) is 15.4. The van der Waals surface area contributed by atoms with E-state index in [1.54, 1.807) is 12.1 Å². The first-order valence-electron chi connectivity index (χ1n) is 6.50. The minimum absolute atomic E-state index is 0.314. The standard InChI is InChI=1S/C16H17ClN2O2/c1-10-7-14(8-11(2)15(10)17)21-9-12-3-5-13(6-4-12)16(20)19-18/h3-8H,9,18H2,1-2H3,(H,19,20). The number of benzene rings is 2. The Morgan fingerprint density at radius 1 is 1.19 bits per heavy atom. The second-order valence-electron chi connectivity index (χ2n) is 4.83. The van der Waals surface area contributed by atoms with E-state index in [2.05, 4.69) is 5.43 Å². The maximum absolute atomic E-state index is 11.3. The van der Waals surface area contributed by atoms with Gasteiger partial charge in [0.1, 0.15) is 12.4 Å². The number of halogens is 1. The molecule has 0 spiro atoms. The number of ether oxygens (including phenoxy) is 1. The van der Waals surface area contributed by atoms with Crippen LogP contribution in [0.1, 0.15) is 27.0 Å². The highest BCUT2D eigenvalue weighted by Crippen LogP contribution is 2.26. The van der Waals surface area contributed by atoms with E-state index < -0.39 is 0 Å². The summed E-state index contributed by atoms with van der Waals surface area (Å²) in [5, 5.41) is 0.763. The van der Waals surface area contributed by atoms with Crippen LogP contribution >= 0.6 is 11.6 Å². The molecule has 0 saturated heterocycles. The van der Waals surface area contributed by atoms with Crippen LogP contribution in [-0.2, 0) is 6.61 Å². The Labute approximate surface area is 128 Å². The molecule has 0 bridgehead atoms. The molecular formula is C16H17ClN2O2. The number of hydrazine groups is 1. The predicted octanol–water partition coefficient (Wildman–Crippen LogP) is 3.14. The van der Waals surface area contributed by atoms with Crippen molar-refractivity contribution in [3.63, 3.8) is 0 Å². The molecule has 0 aliphatic carbocycles. The summed E-state index contributed by atoms with van der Waals surface area (Å²) in [6, 6.07) is 10.9. The number of rotatable bonds is 4. The molecule has 0 fully saturated rings. The van der Waals surface area contributed by atoms with Crippen LogP contribution in [0.15, 0.2) is 36.4 Å². The summed E-state index contributed by atoms with van der Waals surface area (Å²) in [5.74, 6) is 5.54. The summed E-state index contributed by atoms with van der Waals surface area (Å²) < 4.78 is 5.75. The molecule has 2 rings (SSSR count). The van der Waals surface area contributed by atoms with Crippen LogP contribution in [0.4, 0.5) is 0 Å². The van der Waals surface area contributed by atoms with Gasteiger partial charge in [-0.3, -0.25) is 10.2 Å². The first-order valence-corrected chi connectivity index (χ1v) is 6.88. The number of aryl methyl sites for hydroxylation is 2. The van der Waals surface area contributed by atoms with Gasteiger partial charge in [-0.25, -0.2) is 5.84 Å². The number of hydrogen-bond acceptors (Lipinski definition) is 3. The predicted molar refractivity (Wildman–Crippen MR) is 83.4 cm³/mol. The molecule has 5 heteroatoms. The average Bonchev–Trinajstić information content (AvgIpc) is 2.50. The maximum atomic E-state index is 11.3. The smallest absolute Gasteiger partial charge is 0.265 e. The van der Waals surface area contributed by atoms with E-state index in [0.717, 1.165) is 27.5 Å². The van der Waals surface area contributed by atoms with E-state index in [1.807, 2.05) is 38.1 Å². The lowest BCUT2D eigenvalue weighted by atomic mass is 10.1. The zero-order valence-electron chi connectivity index (χ0n) is 11.9. The summed E-state index contributed by atoms with van der Waals surface area (Å²) in [5.41, 5.74) is 5.55. The minimum atomic E-state index is -0.314. The molecule has 0 heterocycles. The lowest BCUT2D eigenvalue weighted by Crippen LogP contribution is -2.29. The van der Waals surface area contributed by atoms with Gasteiger partial charge in [-0.05, 0) is 54.8 Å². The van der Waals surface area contributed by atoms with Crippen molar-refractivity contribution in [2.75, 3.05) is 0 Å². The zero-order valence-corrected chi connectivity index (χ0v) is 12.7. The van der Waals surface area contributed by atoms with Gasteiger partial charge in [0.05, 0.1) is 0 Å². The Morgan fingerprint density at radius 3 is 2.29 bits per heavy atom. The van der Waals surface area contributed by atoms with Gasteiger partial charge in [0.2, 0.25) is 0 Å². The Hall–Kier alpha value is -2.04. The van der Waals surface area contributed by atoms with Crippen molar-refractivity contribution in [1.29, 1.82) is 0 Å². The largest absolute Gasteiger partial charge is 0.489 e. The molecule has 2 aromatic rings. The fraction of sp³-hybridized carbons (Fsp3) is 0.188. The third-order valence-electron chi connectivity index (χ3n) is 3.16. The molecule has 0 aliphatic rings. The number of carbonyl (C=O) groups excluding carboxylic acids is 1. The number of nitrogens with two attached hydrogens (primary N) is 1. The van der Waals surface area contributed by atoms with Crippen LogP contribution in [0.25, 0.3) is 0 Å². The van der Waals surface area contributed by atoms with Crippen molar-refractivity contribution in [3.8, 4) is 5.75 Å². The highest BCUT2D eigenvalue weighted by Gasteiger charge is 2.05. The lowest BCUT2D eigenvalue weighted by Gasteiger charge is -2.10. The highest BCUT2D eigenvalue weighted by molar-refractivity contribution is 6.32. The molecular weight excluding hydrogens is 288 g/mol. The van der Waals surface area contributed by atoms with E-state index in [-0.39, 0.29) is 5.91 Å². The van der Waals surface area contributed by atoms with E-state index in [4.69, 9.17) is 22.2 Å². The average molecular weight is 305 g/mol. The molecule has 0 atom stereocenters. The number of amides is 1. The number of nitrogens with one attached hydrogen (secondary N) is 1. The Balaban J connectivity index is 2.05. The third kappa shape index (κ3) is 3.74. The van der Waals surface area contributed by atoms with E-state index in [1.165, 1.54) is 0 Å². The summed E-state index contributed by atoms with van der Waals surface area (Å²) in [4.78, 5) is 11.3. The van der Waals surface area contributed by atoms with Gasteiger partial charge in [0.25, 0.3) is 5.91 Å². The van der Waals surface area contributed by atoms with Crippen LogP contribution in [0.5, 0.6) is 5.75 Å². The summed E-state index contributed by atoms with van der Waals surface area (Å²) in [6.07, 6.45) is 0. The SMILES string of the molecule is Cc1cc(OCc2ccc(C(=O)NN)cc2)cc(C)c1Cl. The molecule has 0 aliphatic heterocycles. The van der Waals surface area contributed by atoms with Crippen LogP contribution in [0, 0.1) is 13.8 Å². The topological polar surface area (TPSA) is 64.3 Å². The van der Waals surface area contributed by atoms with Crippen LogP contribution in [-0.4, -0.2) is 5.91 Å².